The minimum absolute atomic E-state index is 0.226. The number of phenolic OH excluding ortho intramolecular Hbond substituents is 1. The van der Waals surface area contributed by atoms with E-state index in [-0.39, 0.29) is 5.92 Å². The summed E-state index contributed by atoms with van der Waals surface area (Å²) in [5.41, 5.74) is 2.26. The van der Waals surface area contributed by atoms with Gasteiger partial charge in [-0.25, -0.2) is 0 Å². The Morgan fingerprint density at radius 1 is 1.00 bits per heavy atom. The first kappa shape index (κ1) is 15.6. The van der Waals surface area contributed by atoms with E-state index in [1.165, 1.54) is 5.56 Å². The Morgan fingerprint density at radius 2 is 1.67 bits per heavy atom. The number of phenols is 1. The van der Waals surface area contributed by atoms with Crippen molar-refractivity contribution >= 4 is 0 Å². The highest BCUT2D eigenvalue weighted by Gasteiger charge is 2.17. The molecule has 0 bridgehead atoms. The molecule has 2 aromatic carbocycles. The lowest BCUT2D eigenvalue weighted by Gasteiger charge is -2.20. The van der Waals surface area contributed by atoms with Gasteiger partial charge in [-0.05, 0) is 37.9 Å². The fourth-order valence-corrected chi connectivity index (χ4v) is 2.59. The standard InChI is InChI=1S/C19H25NO/c1-3-15(2)20-14-13-17(16-9-5-4-6-10-16)18-11-7-8-12-19(18)21/h4-12,15,17,20-21H,3,13-14H2,1-2H3/t15-,17+/m1/s1. The van der Waals surface area contributed by atoms with E-state index < -0.39 is 0 Å². The molecule has 0 aliphatic heterocycles. The highest BCUT2D eigenvalue weighted by molar-refractivity contribution is 5.41. The average Bonchev–Trinajstić information content (AvgIpc) is 2.53. The van der Waals surface area contributed by atoms with Gasteiger partial charge in [0.15, 0.2) is 0 Å². The van der Waals surface area contributed by atoms with E-state index in [0.29, 0.717) is 11.8 Å². The summed E-state index contributed by atoms with van der Waals surface area (Å²) in [6, 6.07) is 18.6. The molecule has 0 radical (unpaired) electrons. The molecule has 2 nitrogen and oxygen atoms in total. The summed E-state index contributed by atoms with van der Waals surface area (Å²) in [6.45, 7) is 5.34. The Balaban J connectivity index is 2.18. The van der Waals surface area contributed by atoms with E-state index in [1.807, 2.05) is 24.3 Å². The van der Waals surface area contributed by atoms with Crippen molar-refractivity contribution in [1.82, 2.24) is 5.32 Å². The molecule has 2 atom stereocenters. The lowest BCUT2D eigenvalue weighted by molar-refractivity contribution is 0.458. The van der Waals surface area contributed by atoms with E-state index >= 15 is 0 Å². The largest absolute Gasteiger partial charge is 0.508 e. The van der Waals surface area contributed by atoms with Crippen LogP contribution in [-0.4, -0.2) is 17.7 Å². The van der Waals surface area contributed by atoms with Crippen LogP contribution in [0.4, 0.5) is 0 Å². The number of hydrogen-bond donors (Lipinski definition) is 2. The Labute approximate surface area is 127 Å². The monoisotopic (exact) mass is 283 g/mol. The second-order valence-corrected chi connectivity index (χ2v) is 5.57. The van der Waals surface area contributed by atoms with Gasteiger partial charge in [-0.15, -0.1) is 0 Å². The zero-order valence-corrected chi connectivity index (χ0v) is 12.9. The van der Waals surface area contributed by atoms with Crippen molar-refractivity contribution in [3.05, 3.63) is 65.7 Å². The normalized spacial score (nSPS) is 13.8. The highest BCUT2D eigenvalue weighted by Crippen LogP contribution is 2.33. The van der Waals surface area contributed by atoms with Gasteiger partial charge in [-0.1, -0.05) is 55.5 Å². The maximum absolute atomic E-state index is 10.2. The van der Waals surface area contributed by atoms with Gasteiger partial charge in [-0.3, -0.25) is 0 Å². The molecule has 21 heavy (non-hydrogen) atoms. The van der Waals surface area contributed by atoms with Crippen LogP contribution in [0.15, 0.2) is 54.6 Å². The molecule has 0 fully saturated rings. The maximum atomic E-state index is 10.2. The van der Waals surface area contributed by atoms with E-state index in [1.54, 1.807) is 6.07 Å². The zero-order chi connectivity index (χ0) is 15.1. The molecular weight excluding hydrogens is 258 g/mol. The fraction of sp³-hybridized carbons (Fsp3) is 0.368. The molecule has 112 valence electrons. The molecule has 0 saturated heterocycles. The summed E-state index contributed by atoms with van der Waals surface area (Å²) in [4.78, 5) is 0. The topological polar surface area (TPSA) is 32.3 Å². The molecule has 0 aliphatic rings. The first-order valence-corrected chi connectivity index (χ1v) is 7.78. The van der Waals surface area contributed by atoms with Gasteiger partial charge >= 0.3 is 0 Å². The lowest BCUT2D eigenvalue weighted by atomic mass is 9.88. The van der Waals surface area contributed by atoms with Crippen LogP contribution in [0.25, 0.3) is 0 Å². The third-order valence-electron chi connectivity index (χ3n) is 4.05. The van der Waals surface area contributed by atoms with Crippen molar-refractivity contribution in [3.63, 3.8) is 0 Å². The summed E-state index contributed by atoms with van der Waals surface area (Å²) < 4.78 is 0. The Bertz CT molecular complexity index is 538. The number of aromatic hydroxyl groups is 1. The molecule has 2 aromatic rings. The van der Waals surface area contributed by atoms with Crippen LogP contribution in [0.2, 0.25) is 0 Å². The quantitative estimate of drug-likeness (QED) is 0.794. The van der Waals surface area contributed by atoms with Gasteiger partial charge in [0.25, 0.3) is 0 Å². The van der Waals surface area contributed by atoms with Gasteiger partial charge in [0.05, 0.1) is 0 Å². The third kappa shape index (κ3) is 4.33. The molecule has 0 spiro atoms. The minimum Gasteiger partial charge on any atom is -0.508 e. The van der Waals surface area contributed by atoms with E-state index in [4.69, 9.17) is 0 Å². The molecule has 0 heterocycles. The maximum Gasteiger partial charge on any atom is 0.119 e. The molecule has 0 amide bonds. The number of hydrogen-bond acceptors (Lipinski definition) is 2. The van der Waals surface area contributed by atoms with Crippen LogP contribution in [0.1, 0.15) is 43.7 Å². The van der Waals surface area contributed by atoms with Crippen LogP contribution < -0.4 is 5.32 Å². The summed E-state index contributed by atoms with van der Waals surface area (Å²) >= 11 is 0. The van der Waals surface area contributed by atoms with Gasteiger partial charge in [-0.2, -0.15) is 0 Å². The zero-order valence-electron chi connectivity index (χ0n) is 12.9. The first-order valence-electron chi connectivity index (χ1n) is 7.78. The van der Waals surface area contributed by atoms with Crippen molar-refractivity contribution < 1.29 is 5.11 Å². The average molecular weight is 283 g/mol. The molecule has 0 unspecified atom stereocenters. The van der Waals surface area contributed by atoms with E-state index in [9.17, 15) is 5.11 Å². The Hall–Kier alpha value is -1.80. The smallest absolute Gasteiger partial charge is 0.119 e. The summed E-state index contributed by atoms with van der Waals surface area (Å²) in [5, 5.41) is 13.7. The summed E-state index contributed by atoms with van der Waals surface area (Å²) in [6.07, 6.45) is 2.11. The van der Waals surface area contributed by atoms with Crippen LogP contribution in [0.3, 0.4) is 0 Å². The van der Waals surface area contributed by atoms with Crippen molar-refractivity contribution in [1.29, 1.82) is 0 Å². The molecular formula is C19H25NO. The van der Waals surface area contributed by atoms with Crippen LogP contribution in [-0.2, 0) is 0 Å². The second-order valence-electron chi connectivity index (χ2n) is 5.57. The highest BCUT2D eigenvalue weighted by atomic mass is 16.3. The number of para-hydroxylation sites is 1. The predicted octanol–water partition coefficient (Wildman–Crippen LogP) is 4.30. The van der Waals surface area contributed by atoms with E-state index in [0.717, 1.165) is 24.9 Å². The molecule has 0 aliphatic carbocycles. The fourth-order valence-electron chi connectivity index (χ4n) is 2.59. The number of rotatable bonds is 7. The molecule has 0 aromatic heterocycles. The second kappa shape index (κ2) is 7.84. The predicted molar refractivity (Wildman–Crippen MR) is 88.8 cm³/mol. The Kier molecular flexibility index (Phi) is 5.82. The van der Waals surface area contributed by atoms with Crippen LogP contribution in [0, 0.1) is 0 Å². The number of nitrogens with one attached hydrogen (secondary N) is 1. The van der Waals surface area contributed by atoms with Crippen LogP contribution in [0.5, 0.6) is 5.75 Å². The van der Waals surface area contributed by atoms with Gasteiger partial charge in [0.2, 0.25) is 0 Å². The van der Waals surface area contributed by atoms with Crippen molar-refractivity contribution in [2.75, 3.05) is 6.54 Å². The van der Waals surface area contributed by atoms with E-state index in [2.05, 4.69) is 43.4 Å². The van der Waals surface area contributed by atoms with Crippen LogP contribution >= 0.6 is 0 Å². The molecule has 2 heteroatoms. The number of benzene rings is 2. The third-order valence-corrected chi connectivity index (χ3v) is 4.05. The SMILES string of the molecule is CC[C@@H](C)NCC[C@@H](c1ccccc1)c1ccccc1O. The first-order chi connectivity index (χ1) is 10.2. The molecule has 0 saturated carbocycles. The lowest BCUT2D eigenvalue weighted by Crippen LogP contribution is -2.27. The van der Waals surface area contributed by atoms with Crippen molar-refractivity contribution in [2.45, 2.75) is 38.6 Å². The molecule has 2 rings (SSSR count). The summed E-state index contributed by atoms with van der Waals surface area (Å²) in [5.74, 6) is 0.610. The van der Waals surface area contributed by atoms with Crippen molar-refractivity contribution in [2.24, 2.45) is 0 Å². The van der Waals surface area contributed by atoms with Gasteiger partial charge in [0.1, 0.15) is 5.75 Å². The molecule has 2 N–H and O–H groups in total. The van der Waals surface area contributed by atoms with Gasteiger partial charge < -0.3 is 10.4 Å². The van der Waals surface area contributed by atoms with Crippen molar-refractivity contribution in [3.8, 4) is 5.75 Å². The Morgan fingerprint density at radius 3 is 2.33 bits per heavy atom. The minimum atomic E-state index is 0.226. The summed E-state index contributed by atoms with van der Waals surface area (Å²) in [7, 11) is 0. The van der Waals surface area contributed by atoms with Gasteiger partial charge in [0, 0.05) is 17.5 Å².